The first-order valence-corrected chi connectivity index (χ1v) is 13.1. The molecule has 4 heterocycles. The molecule has 2 saturated heterocycles. The minimum atomic E-state index is -0.772. The molecule has 5 rings (SSSR count). The van der Waals surface area contributed by atoms with Crippen molar-refractivity contribution in [3.63, 3.8) is 0 Å². The highest BCUT2D eigenvalue weighted by atomic mass is 16.5. The molecule has 8 nitrogen and oxygen atoms in total. The number of ether oxygens (including phenoxy) is 1. The minimum absolute atomic E-state index is 0.00536. The Morgan fingerprint density at radius 1 is 0.972 bits per heavy atom. The van der Waals surface area contributed by atoms with Gasteiger partial charge in [0.25, 0.3) is 11.5 Å². The van der Waals surface area contributed by atoms with Crippen LogP contribution in [0.5, 0.6) is 5.75 Å². The summed E-state index contributed by atoms with van der Waals surface area (Å²) in [7, 11) is 0. The number of carboxylic acids is 1. The summed E-state index contributed by atoms with van der Waals surface area (Å²) in [5.41, 5.74) is 1.23. The highest BCUT2D eigenvalue weighted by Crippen LogP contribution is 2.36. The molecule has 0 radical (unpaired) electrons. The zero-order valence-corrected chi connectivity index (χ0v) is 20.6. The van der Waals surface area contributed by atoms with Gasteiger partial charge in [0.2, 0.25) is 0 Å². The highest BCUT2D eigenvalue weighted by Gasteiger charge is 2.36. The number of aliphatic carboxylic acids is 1. The molecular weight excluding hydrogens is 458 g/mol. The van der Waals surface area contributed by atoms with Crippen molar-refractivity contribution in [3.05, 3.63) is 64.6 Å². The molecule has 8 heteroatoms. The van der Waals surface area contributed by atoms with Gasteiger partial charge in [-0.05, 0) is 61.8 Å². The van der Waals surface area contributed by atoms with Crippen LogP contribution in [0.3, 0.4) is 0 Å². The summed E-state index contributed by atoms with van der Waals surface area (Å²) in [5, 5.41) is 9.47. The Labute approximate surface area is 211 Å². The smallest absolute Gasteiger partial charge is 0.303 e. The van der Waals surface area contributed by atoms with Crippen LogP contribution >= 0.6 is 0 Å². The number of aromatic nitrogens is 1. The van der Waals surface area contributed by atoms with Gasteiger partial charge in [0.05, 0.1) is 0 Å². The molecule has 2 aromatic rings. The Hall–Kier alpha value is -3.13. The van der Waals surface area contributed by atoms with Gasteiger partial charge in [0.15, 0.2) is 6.61 Å². The van der Waals surface area contributed by atoms with E-state index in [1.54, 1.807) is 6.07 Å². The number of hydrogen-bond acceptors (Lipinski definition) is 5. The van der Waals surface area contributed by atoms with Crippen molar-refractivity contribution in [1.29, 1.82) is 0 Å². The van der Waals surface area contributed by atoms with Crippen LogP contribution in [0.25, 0.3) is 0 Å². The fraction of sp³-hybridized carbons (Fsp3) is 0.536. The third-order valence-electron chi connectivity index (χ3n) is 8.16. The Bertz CT molecular complexity index is 1130. The summed E-state index contributed by atoms with van der Waals surface area (Å²) in [6.07, 6.45) is 2.83. The van der Waals surface area contributed by atoms with Gasteiger partial charge in [0.1, 0.15) is 5.75 Å². The predicted molar refractivity (Wildman–Crippen MR) is 135 cm³/mol. The first-order chi connectivity index (χ1) is 17.5. The van der Waals surface area contributed by atoms with Gasteiger partial charge < -0.3 is 24.2 Å². The number of rotatable bonds is 8. The number of para-hydroxylation sites is 1. The number of amides is 1. The first kappa shape index (κ1) is 24.6. The van der Waals surface area contributed by atoms with E-state index in [0.29, 0.717) is 37.1 Å². The fourth-order valence-corrected chi connectivity index (χ4v) is 6.41. The minimum Gasteiger partial charge on any atom is -0.484 e. The number of piperidine rings is 2. The van der Waals surface area contributed by atoms with E-state index in [4.69, 9.17) is 4.74 Å². The molecule has 2 fully saturated rings. The van der Waals surface area contributed by atoms with E-state index in [9.17, 15) is 19.5 Å². The van der Waals surface area contributed by atoms with Crippen molar-refractivity contribution in [2.45, 2.75) is 38.1 Å². The molecule has 1 aromatic heterocycles. The van der Waals surface area contributed by atoms with Crippen LogP contribution in [0.1, 0.15) is 37.3 Å². The summed E-state index contributed by atoms with van der Waals surface area (Å²) in [5.74, 6) is 0.894. The normalized spacial score (nSPS) is 25.7. The topological polar surface area (TPSA) is 92.1 Å². The van der Waals surface area contributed by atoms with Gasteiger partial charge in [-0.25, -0.2) is 0 Å². The number of carbonyl (C=O) groups is 2. The van der Waals surface area contributed by atoms with E-state index in [1.807, 2.05) is 45.9 Å². The van der Waals surface area contributed by atoms with Crippen molar-refractivity contribution >= 4 is 11.9 Å². The van der Waals surface area contributed by atoms with Crippen LogP contribution in [-0.2, 0) is 16.1 Å². The Balaban J connectivity index is 1.19. The largest absolute Gasteiger partial charge is 0.484 e. The van der Waals surface area contributed by atoms with Crippen molar-refractivity contribution in [3.8, 4) is 5.75 Å². The lowest BCUT2D eigenvalue weighted by atomic mass is 9.80. The Kier molecular flexibility index (Phi) is 7.41. The number of benzene rings is 1. The molecule has 36 heavy (non-hydrogen) atoms. The number of carboxylic acid groups (broad SMARTS) is 1. The molecular formula is C28H35N3O5. The van der Waals surface area contributed by atoms with E-state index in [-0.39, 0.29) is 36.3 Å². The van der Waals surface area contributed by atoms with E-state index in [2.05, 4.69) is 11.0 Å². The van der Waals surface area contributed by atoms with Crippen LogP contribution in [0.2, 0.25) is 0 Å². The first-order valence-electron chi connectivity index (χ1n) is 13.1. The second kappa shape index (κ2) is 10.9. The average Bonchev–Trinajstić information content (AvgIpc) is 2.87. The standard InChI is InChI=1S/C28H35N3O5/c32-26-8-4-7-25-23-13-20(16-31(25)26)15-29(17-23)11-9-22-18-30(12-10-21(22)14-28(34)35)27(33)19-36-24-5-2-1-3-6-24/h1-8,20-23H,9-19H2,(H,34,35)/t20-,21+,22+,23-/m1/s1. The molecule has 0 unspecified atom stereocenters. The second-order valence-corrected chi connectivity index (χ2v) is 10.6. The zero-order valence-electron chi connectivity index (χ0n) is 20.6. The van der Waals surface area contributed by atoms with Gasteiger partial charge in [-0.15, -0.1) is 0 Å². The fourth-order valence-electron chi connectivity index (χ4n) is 6.41. The second-order valence-electron chi connectivity index (χ2n) is 10.6. The van der Waals surface area contributed by atoms with Crippen molar-refractivity contribution in [2.75, 3.05) is 39.3 Å². The average molecular weight is 494 g/mol. The molecule has 0 aliphatic carbocycles. The molecule has 1 N–H and O–H groups in total. The zero-order chi connectivity index (χ0) is 25.1. The van der Waals surface area contributed by atoms with E-state index in [0.717, 1.165) is 44.7 Å². The summed E-state index contributed by atoms with van der Waals surface area (Å²) in [6.45, 7) is 4.68. The van der Waals surface area contributed by atoms with Crippen LogP contribution in [0, 0.1) is 17.8 Å². The van der Waals surface area contributed by atoms with Crippen LogP contribution < -0.4 is 10.3 Å². The summed E-state index contributed by atoms with van der Waals surface area (Å²) in [4.78, 5) is 41.0. The van der Waals surface area contributed by atoms with Crippen molar-refractivity contribution in [1.82, 2.24) is 14.4 Å². The monoisotopic (exact) mass is 493 g/mol. The number of nitrogens with zero attached hydrogens (tertiary/aromatic N) is 3. The number of pyridine rings is 1. The lowest BCUT2D eigenvalue weighted by molar-refractivity contribution is -0.140. The number of likely N-dealkylation sites (tertiary alicyclic amines) is 2. The van der Waals surface area contributed by atoms with Gasteiger partial charge >= 0.3 is 5.97 Å². The quantitative estimate of drug-likeness (QED) is 0.608. The van der Waals surface area contributed by atoms with E-state index >= 15 is 0 Å². The molecule has 2 bridgehead atoms. The van der Waals surface area contributed by atoms with Gasteiger partial charge in [-0.1, -0.05) is 24.3 Å². The molecule has 4 atom stereocenters. The Morgan fingerprint density at radius 3 is 2.61 bits per heavy atom. The molecule has 1 aromatic carbocycles. The summed E-state index contributed by atoms with van der Waals surface area (Å²) in [6, 6.07) is 14.9. The number of carbonyl (C=O) groups excluding carboxylic acids is 1. The maximum absolute atomic E-state index is 12.9. The highest BCUT2D eigenvalue weighted by molar-refractivity contribution is 5.78. The molecule has 192 valence electrons. The lowest BCUT2D eigenvalue weighted by Crippen LogP contribution is -2.49. The van der Waals surface area contributed by atoms with Crippen LogP contribution in [-0.4, -0.2) is 70.7 Å². The molecule has 3 aliphatic rings. The van der Waals surface area contributed by atoms with Gasteiger partial charge in [-0.3, -0.25) is 14.4 Å². The van der Waals surface area contributed by atoms with Crippen LogP contribution in [0.15, 0.2) is 53.3 Å². The van der Waals surface area contributed by atoms with Crippen molar-refractivity contribution < 1.29 is 19.4 Å². The number of fused-ring (bicyclic) bond motifs is 4. The SMILES string of the molecule is O=C(O)C[C@@H]1CCN(C(=O)COc2ccccc2)C[C@@H]1CCN1C[C@H]2C[C@H](C1)c1cccc(=O)n1C2. The van der Waals surface area contributed by atoms with E-state index in [1.165, 1.54) is 0 Å². The third kappa shape index (κ3) is 5.64. The molecule has 3 aliphatic heterocycles. The maximum atomic E-state index is 12.9. The third-order valence-corrected chi connectivity index (χ3v) is 8.16. The summed E-state index contributed by atoms with van der Waals surface area (Å²) >= 11 is 0. The predicted octanol–water partition coefficient (Wildman–Crippen LogP) is 2.68. The van der Waals surface area contributed by atoms with E-state index < -0.39 is 5.97 Å². The van der Waals surface area contributed by atoms with Gasteiger partial charge in [-0.2, -0.15) is 0 Å². The molecule has 0 spiro atoms. The van der Waals surface area contributed by atoms with Crippen molar-refractivity contribution in [2.24, 2.45) is 17.8 Å². The molecule has 0 saturated carbocycles. The maximum Gasteiger partial charge on any atom is 0.303 e. The number of hydrogen-bond donors (Lipinski definition) is 1. The van der Waals surface area contributed by atoms with Crippen LogP contribution in [0.4, 0.5) is 0 Å². The molecule has 1 amide bonds. The van der Waals surface area contributed by atoms with Gasteiger partial charge in [0, 0.05) is 56.8 Å². The lowest BCUT2D eigenvalue weighted by Gasteiger charge is -2.44. The Morgan fingerprint density at radius 2 is 1.81 bits per heavy atom. The summed E-state index contributed by atoms with van der Waals surface area (Å²) < 4.78 is 7.61.